The molecule has 0 atom stereocenters. The van der Waals surface area contributed by atoms with Gasteiger partial charge in [-0.25, -0.2) is 4.98 Å². The van der Waals surface area contributed by atoms with E-state index in [-0.39, 0.29) is 5.91 Å². The zero-order chi connectivity index (χ0) is 13.3. The Kier molecular flexibility index (Phi) is 3.75. The summed E-state index contributed by atoms with van der Waals surface area (Å²) in [5.74, 6) is 0.358. The molecule has 0 aromatic carbocycles. The van der Waals surface area contributed by atoms with E-state index in [1.54, 1.807) is 0 Å². The van der Waals surface area contributed by atoms with Crippen LogP contribution in [0.25, 0.3) is 0 Å². The second-order valence-corrected chi connectivity index (χ2v) is 5.70. The highest BCUT2D eigenvalue weighted by atomic mass is 32.1. The average Bonchev–Trinajstić information content (AvgIpc) is 2.67. The van der Waals surface area contributed by atoms with Gasteiger partial charge >= 0.3 is 0 Å². The van der Waals surface area contributed by atoms with Gasteiger partial charge in [0.05, 0.1) is 0 Å². The van der Waals surface area contributed by atoms with E-state index in [0.717, 1.165) is 24.5 Å². The molecular formula is C12H20N4OS. The van der Waals surface area contributed by atoms with E-state index >= 15 is 0 Å². The summed E-state index contributed by atoms with van der Waals surface area (Å²) in [4.78, 5) is 20.9. The first kappa shape index (κ1) is 13.1. The third-order valence-electron chi connectivity index (χ3n) is 3.58. The van der Waals surface area contributed by atoms with Crippen LogP contribution in [0.5, 0.6) is 0 Å². The van der Waals surface area contributed by atoms with Crippen LogP contribution in [0, 0.1) is 0 Å². The molecule has 1 aromatic heterocycles. The van der Waals surface area contributed by atoms with Crippen molar-refractivity contribution < 1.29 is 4.79 Å². The van der Waals surface area contributed by atoms with Crippen molar-refractivity contribution in [2.75, 3.05) is 31.3 Å². The fraction of sp³-hybridized carbons (Fsp3) is 0.667. The van der Waals surface area contributed by atoms with Gasteiger partial charge in [-0.05, 0) is 26.2 Å². The van der Waals surface area contributed by atoms with E-state index in [2.05, 4.69) is 4.98 Å². The lowest BCUT2D eigenvalue weighted by Gasteiger charge is -2.34. The first-order valence-corrected chi connectivity index (χ1v) is 7.10. The number of nitrogen functional groups attached to an aromatic ring is 1. The molecule has 0 radical (unpaired) electrons. The maximum atomic E-state index is 12.3. The molecule has 1 fully saturated rings. The van der Waals surface area contributed by atoms with Gasteiger partial charge in [0.1, 0.15) is 10.7 Å². The second kappa shape index (κ2) is 5.14. The van der Waals surface area contributed by atoms with Crippen LogP contribution in [0.4, 0.5) is 10.9 Å². The Morgan fingerprint density at radius 3 is 2.67 bits per heavy atom. The quantitative estimate of drug-likeness (QED) is 0.904. The molecule has 1 aliphatic carbocycles. The minimum absolute atomic E-state index is 0.00505. The van der Waals surface area contributed by atoms with Gasteiger partial charge in [0.2, 0.25) is 0 Å². The van der Waals surface area contributed by atoms with E-state index in [1.807, 2.05) is 30.8 Å². The number of carbonyl (C=O) groups is 1. The molecule has 2 N–H and O–H groups in total. The molecule has 0 bridgehead atoms. The van der Waals surface area contributed by atoms with Crippen LogP contribution in [0.2, 0.25) is 0 Å². The van der Waals surface area contributed by atoms with Gasteiger partial charge < -0.3 is 15.5 Å². The monoisotopic (exact) mass is 268 g/mol. The SMILES string of the molecule is CCN(C)c1nc(N)c(C(=O)N(C)C2CCC2)s1. The van der Waals surface area contributed by atoms with Crippen molar-refractivity contribution in [3.05, 3.63) is 4.88 Å². The lowest BCUT2D eigenvalue weighted by atomic mass is 9.92. The van der Waals surface area contributed by atoms with Gasteiger partial charge in [-0.2, -0.15) is 0 Å². The minimum Gasteiger partial charge on any atom is -0.382 e. The molecule has 0 saturated heterocycles. The molecule has 0 unspecified atom stereocenters. The zero-order valence-electron chi connectivity index (χ0n) is 11.1. The normalized spacial score (nSPS) is 15.3. The fourth-order valence-electron chi connectivity index (χ4n) is 1.87. The molecule has 0 aliphatic heterocycles. The summed E-state index contributed by atoms with van der Waals surface area (Å²) >= 11 is 1.38. The van der Waals surface area contributed by atoms with Crippen LogP contribution in [0.15, 0.2) is 0 Å². The molecule has 2 rings (SSSR count). The number of amides is 1. The molecule has 100 valence electrons. The number of anilines is 2. The standard InChI is InChI=1S/C12H20N4OS/c1-4-15(2)12-14-10(13)9(18-12)11(17)16(3)8-6-5-7-8/h8H,4-7,13H2,1-3H3. The van der Waals surface area contributed by atoms with E-state index in [0.29, 0.717) is 16.7 Å². The van der Waals surface area contributed by atoms with Crippen molar-refractivity contribution in [1.29, 1.82) is 0 Å². The van der Waals surface area contributed by atoms with Crippen LogP contribution in [0.3, 0.4) is 0 Å². The van der Waals surface area contributed by atoms with E-state index in [1.165, 1.54) is 17.8 Å². The summed E-state index contributed by atoms with van der Waals surface area (Å²) in [6.07, 6.45) is 3.41. The Morgan fingerprint density at radius 1 is 1.50 bits per heavy atom. The number of thiazole rings is 1. The predicted octanol–water partition coefficient (Wildman–Crippen LogP) is 1.81. The Hall–Kier alpha value is -1.30. The Balaban J connectivity index is 2.16. The third kappa shape index (κ3) is 2.29. The number of aromatic nitrogens is 1. The average molecular weight is 268 g/mol. The Morgan fingerprint density at radius 2 is 2.17 bits per heavy atom. The van der Waals surface area contributed by atoms with E-state index in [9.17, 15) is 4.79 Å². The highest BCUT2D eigenvalue weighted by Gasteiger charge is 2.29. The summed E-state index contributed by atoms with van der Waals surface area (Å²) in [6.45, 7) is 2.89. The highest BCUT2D eigenvalue weighted by Crippen LogP contribution is 2.31. The van der Waals surface area contributed by atoms with Crippen molar-refractivity contribution in [3.8, 4) is 0 Å². The number of carbonyl (C=O) groups excluding carboxylic acids is 1. The van der Waals surface area contributed by atoms with Gasteiger partial charge in [0, 0.05) is 26.7 Å². The first-order chi connectivity index (χ1) is 8.54. The topological polar surface area (TPSA) is 62.5 Å². The molecule has 6 heteroatoms. The first-order valence-electron chi connectivity index (χ1n) is 6.29. The van der Waals surface area contributed by atoms with Crippen molar-refractivity contribution in [1.82, 2.24) is 9.88 Å². The minimum atomic E-state index is 0.00505. The zero-order valence-corrected chi connectivity index (χ0v) is 12.0. The summed E-state index contributed by atoms with van der Waals surface area (Å²) in [6, 6.07) is 0.381. The van der Waals surface area contributed by atoms with Gasteiger partial charge in [0.15, 0.2) is 5.13 Å². The number of nitrogens with two attached hydrogens (primary N) is 1. The van der Waals surface area contributed by atoms with Gasteiger partial charge in [-0.3, -0.25) is 4.79 Å². The summed E-state index contributed by atoms with van der Waals surface area (Å²) in [5.41, 5.74) is 5.86. The Labute approximate surface area is 112 Å². The van der Waals surface area contributed by atoms with Crippen LogP contribution < -0.4 is 10.6 Å². The van der Waals surface area contributed by atoms with Gasteiger partial charge in [-0.15, -0.1) is 0 Å². The van der Waals surface area contributed by atoms with Crippen molar-refractivity contribution >= 4 is 28.2 Å². The van der Waals surface area contributed by atoms with Crippen LogP contribution in [0.1, 0.15) is 35.9 Å². The summed E-state index contributed by atoms with van der Waals surface area (Å²) in [7, 11) is 3.80. The second-order valence-electron chi connectivity index (χ2n) is 4.73. The van der Waals surface area contributed by atoms with Crippen molar-refractivity contribution in [2.45, 2.75) is 32.2 Å². The molecule has 1 aromatic rings. The number of hydrogen-bond donors (Lipinski definition) is 1. The molecule has 1 aliphatic rings. The lowest BCUT2D eigenvalue weighted by Crippen LogP contribution is -2.41. The predicted molar refractivity (Wildman–Crippen MR) is 75.2 cm³/mol. The molecular weight excluding hydrogens is 248 g/mol. The number of hydrogen-bond acceptors (Lipinski definition) is 5. The fourth-order valence-corrected chi connectivity index (χ4v) is 2.86. The molecule has 0 spiro atoms. The highest BCUT2D eigenvalue weighted by molar-refractivity contribution is 7.18. The maximum absolute atomic E-state index is 12.3. The molecule has 1 heterocycles. The van der Waals surface area contributed by atoms with Gasteiger partial charge in [0.25, 0.3) is 5.91 Å². The van der Waals surface area contributed by atoms with Gasteiger partial charge in [-0.1, -0.05) is 11.3 Å². The molecule has 1 saturated carbocycles. The Bertz CT molecular complexity index is 441. The molecule has 1 amide bonds. The smallest absolute Gasteiger partial charge is 0.267 e. The lowest BCUT2D eigenvalue weighted by molar-refractivity contribution is 0.0658. The molecule has 5 nitrogen and oxygen atoms in total. The van der Waals surface area contributed by atoms with Crippen molar-refractivity contribution in [3.63, 3.8) is 0 Å². The molecule has 18 heavy (non-hydrogen) atoms. The van der Waals surface area contributed by atoms with Crippen LogP contribution >= 0.6 is 11.3 Å². The maximum Gasteiger partial charge on any atom is 0.267 e. The number of nitrogens with zero attached hydrogens (tertiary/aromatic N) is 3. The van der Waals surface area contributed by atoms with Crippen LogP contribution in [-0.2, 0) is 0 Å². The summed E-state index contributed by atoms with van der Waals surface area (Å²) in [5, 5.41) is 0.806. The number of rotatable bonds is 4. The largest absolute Gasteiger partial charge is 0.382 e. The summed E-state index contributed by atoms with van der Waals surface area (Å²) < 4.78 is 0. The van der Waals surface area contributed by atoms with E-state index in [4.69, 9.17) is 5.73 Å². The third-order valence-corrected chi connectivity index (χ3v) is 4.75. The van der Waals surface area contributed by atoms with Crippen LogP contribution in [-0.4, -0.2) is 42.5 Å². The van der Waals surface area contributed by atoms with Crippen molar-refractivity contribution in [2.24, 2.45) is 0 Å². The van der Waals surface area contributed by atoms with E-state index < -0.39 is 0 Å².